The topological polar surface area (TPSA) is 72.9 Å². The monoisotopic (exact) mass is 391 g/mol. The zero-order valence-corrected chi connectivity index (χ0v) is 16.0. The third-order valence-electron chi connectivity index (χ3n) is 5.33. The van der Waals surface area contributed by atoms with Gasteiger partial charge < -0.3 is 9.47 Å². The zero-order chi connectivity index (χ0) is 20.4. The lowest BCUT2D eigenvalue weighted by atomic mass is 9.92. The van der Waals surface area contributed by atoms with Crippen LogP contribution in [0.3, 0.4) is 0 Å². The van der Waals surface area contributed by atoms with Gasteiger partial charge in [-0.2, -0.15) is 0 Å². The molecule has 0 bridgehead atoms. The molecular weight excluding hydrogens is 370 g/mol. The van der Waals surface area contributed by atoms with Crippen LogP contribution in [0.15, 0.2) is 72.3 Å². The van der Waals surface area contributed by atoms with Crippen LogP contribution in [0.2, 0.25) is 0 Å². The lowest BCUT2D eigenvalue weighted by Gasteiger charge is -2.33. The van der Waals surface area contributed by atoms with Gasteiger partial charge in [-0.25, -0.2) is 9.59 Å². The van der Waals surface area contributed by atoms with Crippen LogP contribution in [0.1, 0.15) is 41.9 Å². The number of ether oxygens (including phenoxy) is 2. The molecule has 0 unspecified atom stereocenters. The average Bonchev–Trinajstić information content (AvgIpc) is 3.32. The number of hydrogen-bond acceptors (Lipinski definition) is 5. The lowest BCUT2D eigenvalue weighted by molar-refractivity contribution is -0.145. The summed E-state index contributed by atoms with van der Waals surface area (Å²) in [5, 5.41) is 0. The van der Waals surface area contributed by atoms with Crippen LogP contribution >= 0.6 is 0 Å². The molecule has 0 saturated carbocycles. The quantitative estimate of drug-likeness (QED) is 0.747. The third-order valence-corrected chi connectivity index (χ3v) is 5.33. The molecule has 1 aliphatic carbocycles. The summed E-state index contributed by atoms with van der Waals surface area (Å²) >= 11 is 0. The van der Waals surface area contributed by atoms with Gasteiger partial charge in [-0.15, -0.1) is 0 Å². The van der Waals surface area contributed by atoms with E-state index < -0.39 is 23.7 Å². The summed E-state index contributed by atoms with van der Waals surface area (Å²) in [6.07, 6.45) is 1.11. The molecule has 6 nitrogen and oxygen atoms in total. The molecule has 4 rings (SSSR count). The maximum atomic E-state index is 13.5. The highest BCUT2D eigenvalue weighted by Gasteiger charge is 2.60. The van der Waals surface area contributed by atoms with E-state index in [9.17, 15) is 14.4 Å². The summed E-state index contributed by atoms with van der Waals surface area (Å²) in [6.45, 7) is 1.97. The number of carbonyl (C=O) groups is 3. The van der Waals surface area contributed by atoms with Gasteiger partial charge in [-0.3, -0.25) is 9.69 Å². The first-order chi connectivity index (χ1) is 14.1. The maximum Gasteiger partial charge on any atom is 0.335 e. The summed E-state index contributed by atoms with van der Waals surface area (Å²) in [6, 6.07) is 17.9. The van der Waals surface area contributed by atoms with Crippen LogP contribution in [-0.2, 0) is 19.1 Å². The number of esters is 2. The molecule has 2 aliphatic rings. The Morgan fingerprint density at radius 1 is 1.10 bits per heavy atom. The molecule has 1 heterocycles. The van der Waals surface area contributed by atoms with E-state index in [0.717, 1.165) is 0 Å². The van der Waals surface area contributed by atoms with Crippen molar-refractivity contribution < 1.29 is 23.9 Å². The van der Waals surface area contributed by atoms with Gasteiger partial charge in [0.2, 0.25) is 6.23 Å². The molecule has 1 saturated heterocycles. The van der Waals surface area contributed by atoms with Crippen molar-refractivity contribution in [2.75, 3.05) is 6.61 Å². The van der Waals surface area contributed by atoms with Crippen molar-refractivity contribution in [3.63, 3.8) is 0 Å². The number of rotatable bonds is 4. The van der Waals surface area contributed by atoms with Gasteiger partial charge in [0.15, 0.2) is 5.54 Å². The first-order valence-corrected chi connectivity index (χ1v) is 9.58. The minimum Gasteiger partial charge on any atom is -0.463 e. The summed E-state index contributed by atoms with van der Waals surface area (Å²) in [4.78, 5) is 40.3. The first-order valence-electron chi connectivity index (χ1n) is 9.58. The van der Waals surface area contributed by atoms with E-state index in [1.165, 1.54) is 4.90 Å². The number of benzene rings is 2. The standard InChI is InChI=1S/C23H21NO5/c1-2-28-21(26)18-13-14-23(15-18)22(27)29-20(17-11-7-4-8-12-17)24(23)19(25)16-9-5-3-6-10-16/h3-13,20H,2,14-15H2,1H3/t20-,23-/m1/s1. The molecule has 1 aliphatic heterocycles. The van der Waals surface area contributed by atoms with Gasteiger partial charge in [0, 0.05) is 29.5 Å². The summed E-state index contributed by atoms with van der Waals surface area (Å²) in [7, 11) is 0. The molecule has 29 heavy (non-hydrogen) atoms. The number of cyclic esters (lactones) is 1. The molecule has 0 radical (unpaired) electrons. The second kappa shape index (κ2) is 7.54. The molecule has 1 fully saturated rings. The highest BCUT2D eigenvalue weighted by molar-refractivity contribution is 6.02. The Balaban J connectivity index is 1.75. The largest absolute Gasteiger partial charge is 0.463 e. The highest BCUT2D eigenvalue weighted by Crippen LogP contribution is 2.47. The summed E-state index contributed by atoms with van der Waals surface area (Å²) < 4.78 is 10.8. The molecule has 2 aromatic carbocycles. The predicted molar refractivity (Wildman–Crippen MR) is 105 cm³/mol. The van der Waals surface area contributed by atoms with Crippen LogP contribution in [-0.4, -0.2) is 34.9 Å². The van der Waals surface area contributed by atoms with E-state index in [2.05, 4.69) is 0 Å². The zero-order valence-electron chi connectivity index (χ0n) is 16.0. The average molecular weight is 391 g/mol. The molecule has 0 aromatic heterocycles. The fraction of sp³-hybridized carbons (Fsp3) is 0.261. The van der Waals surface area contributed by atoms with E-state index in [1.54, 1.807) is 37.3 Å². The minimum atomic E-state index is -1.25. The SMILES string of the molecule is CCOC(=O)C1=CC[C@@]2(C1)C(=O)O[C@H](c1ccccc1)N2C(=O)c1ccccc1. The van der Waals surface area contributed by atoms with Gasteiger partial charge in [0.05, 0.1) is 6.61 Å². The highest BCUT2D eigenvalue weighted by atomic mass is 16.6. The predicted octanol–water partition coefficient (Wildman–Crippen LogP) is 3.41. The van der Waals surface area contributed by atoms with Crippen LogP contribution in [0.4, 0.5) is 0 Å². The van der Waals surface area contributed by atoms with Crippen molar-refractivity contribution in [2.45, 2.75) is 31.5 Å². The summed E-state index contributed by atoms with van der Waals surface area (Å²) in [5.74, 6) is -1.29. The Labute approximate surface area is 168 Å². The number of carbonyl (C=O) groups excluding carboxylic acids is 3. The minimum absolute atomic E-state index is 0.0760. The fourth-order valence-corrected chi connectivity index (χ4v) is 3.91. The van der Waals surface area contributed by atoms with E-state index in [-0.39, 0.29) is 25.4 Å². The molecule has 2 atom stereocenters. The van der Waals surface area contributed by atoms with Crippen molar-refractivity contribution in [3.05, 3.63) is 83.4 Å². The van der Waals surface area contributed by atoms with E-state index in [0.29, 0.717) is 16.7 Å². The Morgan fingerprint density at radius 3 is 2.41 bits per heavy atom. The maximum absolute atomic E-state index is 13.5. The molecule has 148 valence electrons. The van der Waals surface area contributed by atoms with Gasteiger partial charge in [-0.1, -0.05) is 54.6 Å². The van der Waals surface area contributed by atoms with Gasteiger partial charge in [-0.05, 0) is 19.1 Å². The first kappa shape index (κ1) is 18.9. The van der Waals surface area contributed by atoms with Crippen LogP contribution in [0.25, 0.3) is 0 Å². The van der Waals surface area contributed by atoms with Crippen molar-refractivity contribution >= 4 is 17.8 Å². The van der Waals surface area contributed by atoms with Crippen molar-refractivity contribution in [1.29, 1.82) is 0 Å². The van der Waals surface area contributed by atoms with Crippen LogP contribution in [0.5, 0.6) is 0 Å². The summed E-state index contributed by atoms with van der Waals surface area (Å²) in [5.41, 5.74) is 0.292. The fourth-order valence-electron chi connectivity index (χ4n) is 3.91. The second-order valence-electron chi connectivity index (χ2n) is 7.07. The van der Waals surface area contributed by atoms with Crippen molar-refractivity contribution in [3.8, 4) is 0 Å². The van der Waals surface area contributed by atoms with Gasteiger partial charge in [0.1, 0.15) is 0 Å². The number of nitrogens with zero attached hydrogens (tertiary/aromatic N) is 1. The van der Waals surface area contributed by atoms with E-state index in [4.69, 9.17) is 9.47 Å². The van der Waals surface area contributed by atoms with Crippen molar-refractivity contribution in [1.82, 2.24) is 4.90 Å². The Kier molecular flexibility index (Phi) is 4.92. The molecule has 2 aromatic rings. The van der Waals surface area contributed by atoms with Gasteiger partial charge >= 0.3 is 11.9 Å². The molecule has 1 spiro atoms. The molecule has 0 N–H and O–H groups in total. The van der Waals surface area contributed by atoms with Crippen LogP contribution < -0.4 is 0 Å². The number of hydrogen-bond donors (Lipinski definition) is 0. The van der Waals surface area contributed by atoms with Crippen molar-refractivity contribution in [2.24, 2.45) is 0 Å². The third kappa shape index (κ3) is 3.20. The lowest BCUT2D eigenvalue weighted by Crippen LogP contribution is -2.50. The van der Waals surface area contributed by atoms with E-state index >= 15 is 0 Å². The molecule has 6 heteroatoms. The molecule has 1 amide bonds. The normalized spacial score (nSPS) is 23.1. The van der Waals surface area contributed by atoms with Crippen LogP contribution in [0, 0.1) is 0 Å². The Morgan fingerprint density at radius 2 is 1.76 bits per heavy atom. The second-order valence-corrected chi connectivity index (χ2v) is 7.07. The molecular formula is C23H21NO5. The van der Waals surface area contributed by atoms with E-state index in [1.807, 2.05) is 36.4 Å². The Hall–Kier alpha value is -3.41. The Bertz CT molecular complexity index is 969. The number of amides is 1. The smallest absolute Gasteiger partial charge is 0.335 e. The van der Waals surface area contributed by atoms with Gasteiger partial charge in [0.25, 0.3) is 5.91 Å².